The molecule has 0 amide bonds. The SMILES string of the molecule is CS(=O)(=O)c1c(NC2CCC(O)CC2)c(F)c(S(N)(=O)=O)c(F)c1N[C@@H]1C=C[C@H](O)CC1. The number of hydrogen-bond acceptors (Lipinski definition) is 8. The fraction of sp³-hybridized carbons (Fsp3) is 0.579. The second-order valence-corrected chi connectivity index (χ2v) is 11.7. The molecule has 0 spiro atoms. The van der Waals surface area contributed by atoms with Gasteiger partial charge in [0.05, 0.1) is 23.6 Å². The van der Waals surface area contributed by atoms with Gasteiger partial charge in [0.1, 0.15) is 4.90 Å². The second-order valence-electron chi connectivity index (χ2n) is 8.28. The molecule has 0 unspecified atom stereocenters. The van der Waals surface area contributed by atoms with Crippen molar-refractivity contribution in [3.05, 3.63) is 23.8 Å². The lowest BCUT2D eigenvalue weighted by atomic mass is 9.93. The highest BCUT2D eigenvalue weighted by Crippen LogP contribution is 2.41. The lowest BCUT2D eigenvalue weighted by Crippen LogP contribution is -2.31. The highest BCUT2D eigenvalue weighted by Gasteiger charge is 2.36. The number of benzene rings is 1. The zero-order valence-corrected chi connectivity index (χ0v) is 19.0. The number of sulfone groups is 1. The Balaban J connectivity index is 2.20. The summed E-state index contributed by atoms with van der Waals surface area (Å²) in [6, 6.07) is -1.10. The molecular formula is C19H27F2N3O6S2. The standard InChI is InChI=1S/C19H27F2N3O6S2/c1-31(27,28)19-16(23-10-2-6-12(25)7-3-10)14(20)18(32(22,29)30)15(21)17(19)24-11-4-8-13(26)9-5-11/h2,6,10-13,23-26H,3-5,7-9H2,1H3,(H2,22,29,30)/t10-,11?,12+,13?/m1/s1. The van der Waals surface area contributed by atoms with Crippen LogP contribution in [0, 0.1) is 11.6 Å². The molecule has 2 atom stereocenters. The van der Waals surface area contributed by atoms with Crippen molar-refractivity contribution in [2.75, 3.05) is 16.9 Å². The summed E-state index contributed by atoms with van der Waals surface area (Å²) in [5.74, 6) is -3.24. The van der Waals surface area contributed by atoms with E-state index in [1.165, 1.54) is 12.2 Å². The molecule has 0 aromatic heterocycles. The number of nitrogens with one attached hydrogen (secondary N) is 2. The van der Waals surface area contributed by atoms with Gasteiger partial charge in [-0.15, -0.1) is 0 Å². The quantitative estimate of drug-likeness (QED) is 0.369. The minimum Gasteiger partial charge on any atom is -0.393 e. The van der Waals surface area contributed by atoms with Crippen LogP contribution >= 0.6 is 0 Å². The third-order valence-corrected chi connectivity index (χ3v) is 7.74. The number of aliphatic hydroxyl groups is 2. The number of anilines is 2. The van der Waals surface area contributed by atoms with E-state index in [0.717, 1.165) is 6.26 Å². The topological polar surface area (TPSA) is 159 Å². The molecule has 32 heavy (non-hydrogen) atoms. The molecule has 13 heteroatoms. The first-order valence-corrected chi connectivity index (χ1v) is 13.6. The van der Waals surface area contributed by atoms with Gasteiger partial charge in [-0.3, -0.25) is 0 Å². The summed E-state index contributed by atoms with van der Waals surface area (Å²) in [5.41, 5.74) is -1.39. The van der Waals surface area contributed by atoms with Crippen LogP contribution < -0.4 is 15.8 Å². The first-order valence-electron chi connectivity index (χ1n) is 10.1. The molecule has 2 aliphatic carbocycles. The summed E-state index contributed by atoms with van der Waals surface area (Å²) in [4.78, 5) is -2.18. The van der Waals surface area contributed by atoms with E-state index in [1.54, 1.807) is 0 Å². The van der Waals surface area contributed by atoms with Crippen LogP contribution in [0.3, 0.4) is 0 Å². The molecule has 1 aromatic rings. The van der Waals surface area contributed by atoms with Crippen molar-refractivity contribution in [3.8, 4) is 0 Å². The molecule has 2 aliphatic rings. The number of primary sulfonamides is 1. The highest BCUT2D eigenvalue weighted by molar-refractivity contribution is 7.91. The molecular weight excluding hydrogens is 468 g/mol. The number of halogens is 2. The zero-order valence-electron chi connectivity index (χ0n) is 17.4. The monoisotopic (exact) mass is 495 g/mol. The summed E-state index contributed by atoms with van der Waals surface area (Å²) in [5, 5.41) is 29.7. The molecule has 0 bridgehead atoms. The first kappa shape index (κ1) is 24.8. The molecule has 1 aromatic carbocycles. The van der Waals surface area contributed by atoms with Crippen LogP contribution in [-0.2, 0) is 19.9 Å². The Morgan fingerprint density at radius 3 is 1.91 bits per heavy atom. The molecule has 1 saturated carbocycles. The maximum Gasteiger partial charge on any atom is 0.244 e. The van der Waals surface area contributed by atoms with E-state index in [4.69, 9.17) is 5.14 Å². The number of nitrogens with two attached hydrogens (primary N) is 1. The van der Waals surface area contributed by atoms with E-state index in [9.17, 15) is 27.0 Å². The van der Waals surface area contributed by atoms with Gasteiger partial charge in [0.25, 0.3) is 0 Å². The van der Waals surface area contributed by atoms with Gasteiger partial charge in [-0.1, -0.05) is 12.2 Å². The van der Waals surface area contributed by atoms with E-state index < -0.39 is 77.0 Å². The van der Waals surface area contributed by atoms with Gasteiger partial charge in [0, 0.05) is 18.3 Å². The van der Waals surface area contributed by atoms with Crippen LogP contribution in [0.2, 0.25) is 0 Å². The smallest absolute Gasteiger partial charge is 0.244 e. The summed E-state index contributed by atoms with van der Waals surface area (Å²) in [6.45, 7) is 0. The Labute approximate surface area is 185 Å². The van der Waals surface area contributed by atoms with Crippen LogP contribution in [0.5, 0.6) is 0 Å². The Bertz CT molecular complexity index is 1120. The van der Waals surface area contributed by atoms with E-state index >= 15 is 8.78 Å². The largest absolute Gasteiger partial charge is 0.393 e. The van der Waals surface area contributed by atoms with Crippen molar-refractivity contribution in [3.63, 3.8) is 0 Å². The molecule has 0 aliphatic heterocycles. The van der Waals surface area contributed by atoms with Crippen molar-refractivity contribution in [2.45, 2.75) is 72.6 Å². The van der Waals surface area contributed by atoms with Crippen molar-refractivity contribution in [2.24, 2.45) is 5.14 Å². The molecule has 0 radical (unpaired) electrons. The first-order chi connectivity index (χ1) is 14.8. The van der Waals surface area contributed by atoms with Crippen LogP contribution in [0.1, 0.15) is 38.5 Å². The highest BCUT2D eigenvalue weighted by atomic mass is 32.2. The average Bonchev–Trinajstić information content (AvgIpc) is 2.67. The maximum atomic E-state index is 15.3. The minimum absolute atomic E-state index is 0.297. The van der Waals surface area contributed by atoms with Gasteiger partial charge in [-0.05, 0) is 38.5 Å². The number of aliphatic hydroxyl groups excluding tert-OH is 2. The van der Waals surface area contributed by atoms with Crippen molar-refractivity contribution < 1.29 is 35.8 Å². The Morgan fingerprint density at radius 1 is 0.875 bits per heavy atom. The number of hydrogen-bond donors (Lipinski definition) is 5. The molecule has 0 heterocycles. The van der Waals surface area contributed by atoms with E-state index in [0.29, 0.717) is 38.5 Å². The lowest BCUT2D eigenvalue weighted by molar-refractivity contribution is 0.126. The minimum atomic E-state index is -4.89. The van der Waals surface area contributed by atoms with Gasteiger partial charge in [-0.2, -0.15) is 0 Å². The van der Waals surface area contributed by atoms with Crippen molar-refractivity contribution in [1.29, 1.82) is 0 Å². The Morgan fingerprint density at radius 2 is 1.44 bits per heavy atom. The lowest BCUT2D eigenvalue weighted by Gasteiger charge is -2.30. The van der Waals surface area contributed by atoms with Gasteiger partial charge < -0.3 is 20.8 Å². The van der Waals surface area contributed by atoms with E-state index in [-0.39, 0.29) is 0 Å². The van der Waals surface area contributed by atoms with Gasteiger partial charge in [-0.25, -0.2) is 30.8 Å². The molecule has 180 valence electrons. The fourth-order valence-corrected chi connectivity index (χ4v) is 5.80. The number of rotatable bonds is 6. The van der Waals surface area contributed by atoms with Crippen LogP contribution in [0.4, 0.5) is 20.2 Å². The Kier molecular flexibility index (Phi) is 7.15. The summed E-state index contributed by atoms with van der Waals surface area (Å²) >= 11 is 0. The van der Waals surface area contributed by atoms with Crippen molar-refractivity contribution in [1.82, 2.24) is 0 Å². The molecule has 3 rings (SSSR count). The molecule has 1 fully saturated rings. The second kappa shape index (κ2) is 9.21. The Hall–Kier alpha value is -1.80. The predicted octanol–water partition coefficient (Wildman–Crippen LogP) is 1.22. The van der Waals surface area contributed by atoms with Crippen LogP contribution in [-0.4, -0.2) is 57.6 Å². The van der Waals surface area contributed by atoms with Crippen LogP contribution in [0.15, 0.2) is 21.9 Å². The zero-order chi connectivity index (χ0) is 23.8. The van der Waals surface area contributed by atoms with Gasteiger partial charge in [0.2, 0.25) is 10.0 Å². The van der Waals surface area contributed by atoms with E-state index in [2.05, 4.69) is 10.6 Å². The third kappa shape index (κ3) is 5.39. The van der Waals surface area contributed by atoms with Gasteiger partial charge >= 0.3 is 0 Å². The van der Waals surface area contributed by atoms with Gasteiger partial charge in [0.15, 0.2) is 26.4 Å². The maximum absolute atomic E-state index is 15.3. The summed E-state index contributed by atoms with van der Waals surface area (Å²) in [6.07, 6.45) is 4.58. The number of sulfonamides is 1. The van der Waals surface area contributed by atoms with E-state index in [1.807, 2.05) is 0 Å². The molecule has 0 saturated heterocycles. The third-order valence-electron chi connectivity index (χ3n) is 5.66. The summed E-state index contributed by atoms with van der Waals surface area (Å²) in [7, 11) is -9.15. The van der Waals surface area contributed by atoms with Crippen molar-refractivity contribution >= 4 is 31.2 Å². The average molecular weight is 496 g/mol. The summed E-state index contributed by atoms with van der Waals surface area (Å²) < 4.78 is 79.9. The molecule has 6 N–H and O–H groups in total. The molecule has 9 nitrogen and oxygen atoms in total. The fourth-order valence-electron chi connectivity index (χ4n) is 4.06. The normalized spacial score (nSPS) is 26.7. The predicted molar refractivity (Wildman–Crippen MR) is 115 cm³/mol. The van der Waals surface area contributed by atoms with Crippen LogP contribution in [0.25, 0.3) is 0 Å².